The zero-order valence-corrected chi connectivity index (χ0v) is 19.1. The van der Waals surface area contributed by atoms with Gasteiger partial charge in [-0.25, -0.2) is 4.98 Å². The predicted molar refractivity (Wildman–Crippen MR) is 141 cm³/mol. The molecule has 0 unspecified atom stereocenters. The van der Waals surface area contributed by atoms with Gasteiger partial charge in [0, 0.05) is 21.5 Å². The van der Waals surface area contributed by atoms with Gasteiger partial charge < -0.3 is 0 Å². The van der Waals surface area contributed by atoms with Crippen LogP contribution in [0.4, 0.5) is 0 Å². The van der Waals surface area contributed by atoms with E-state index in [1.807, 2.05) is 0 Å². The van der Waals surface area contributed by atoms with Gasteiger partial charge in [0.25, 0.3) is 0 Å². The number of imidazole rings is 1. The van der Waals surface area contributed by atoms with E-state index in [0.29, 0.717) is 0 Å². The van der Waals surface area contributed by atoms with E-state index in [9.17, 15) is 0 Å². The van der Waals surface area contributed by atoms with Crippen LogP contribution < -0.4 is 0 Å². The van der Waals surface area contributed by atoms with Crippen molar-refractivity contribution in [2.45, 2.75) is 26.2 Å². The molecule has 2 heteroatoms. The molecule has 0 saturated carbocycles. The molecule has 0 atom stereocenters. The van der Waals surface area contributed by atoms with Crippen molar-refractivity contribution < 1.29 is 0 Å². The Labute approximate surface area is 192 Å². The molecule has 0 saturated heterocycles. The van der Waals surface area contributed by atoms with Crippen molar-refractivity contribution in [2.24, 2.45) is 0 Å². The highest BCUT2D eigenvalue weighted by Gasteiger charge is 2.20. The van der Waals surface area contributed by atoms with Gasteiger partial charge >= 0.3 is 0 Å². The number of hydrogen-bond donors (Lipinski definition) is 0. The summed E-state index contributed by atoms with van der Waals surface area (Å²) in [5, 5.41) is 8.72. The number of benzene rings is 5. The van der Waals surface area contributed by atoms with E-state index in [-0.39, 0.29) is 5.41 Å². The lowest BCUT2D eigenvalue weighted by Crippen LogP contribution is -2.10. The van der Waals surface area contributed by atoms with Crippen LogP contribution in [-0.4, -0.2) is 9.38 Å². The Morgan fingerprint density at radius 2 is 1.12 bits per heavy atom. The molecule has 0 aliphatic heterocycles. The Hall–Kier alpha value is -3.91. The zero-order chi connectivity index (χ0) is 22.3. The summed E-state index contributed by atoms with van der Waals surface area (Å²) in [5.74, 6) is 0. The van der Waals surface area contributed by atoms with Crippen LogP contribution in [0.3, 0.4) is 0 Å². The minimum absolute atomic E-state index is 0.0875. The van der Waals surface area contributed by atoms with E-state index in [1.165, 1.54) is 54.3 Å². The predicted octanol–water partition coefficient (Wildman–Crippen LogP) is 8.40. The summed E-state index contributed by atoms with van der Waals surface area (Å²) in [4.78, 5) is 5.31. The first-order valence-electron chi connectivity index (χ1n) is 11.6. The van der Waals surface area contributed by atoms with Gasteiger partial charge in [0.2, 0.25) is 0 Å². The molecule has 0 aliphatic carbocycles. The maximum absolute atomic E-state index is 5.31. The topological polar surface area (TPSA) is 17.3 Å². The molecule has 33 heavy (non-hydrogen) atoms. The van der Waals surface area contributed by atoms with Gasteiger partial charge in [-0.3, -0.25) is 4.40 Å². The molecule has 2 nitrogen and oxygen atoms in total. The summed E-state index contributed by atoms with van der Waals surface area (Å²) in [6, 6.07) is 33.1. The van der Waals surface area contributed by atoms with Crippen LogP contribution in [0.1, 0.15) is 26.3 Å². The number of nitrogens with zero attached hydrogens (tertiary/aromatic N) is 2. The van der Waals surface area contributed by atoms with E-state index in [1.54, 1.807) is 0 Å². The maximum atomic E-state index is 5.31. The normalized spacial score (nSPS) is 12.7. The molecule has 158 valence electrons. The minimum atomic E-state index is 0.0875. The average molecular weight is 425 g/mol. The third-order valence-electron chi connectivity index (χ3n) is 7.09. The molecule has 5 aromatic carbocycles. The van der Waals surface area contributed by atoms with Crippen LogP contribution >= 0.6 is 0 Å². The second-order valence-electron chi connectivity index (χ2n) is 10.1. The van der Waals surface area contributed by atoms with Crippen molar-refractivity contribution in [3.63, 3.8) is 0 Å². The molecule has 0 bridgehead atoms. The highest BCUT2D eigenvalue weighted by atomic mass is 15.0. The first-order valence-corrected chi connectivity index (χ1v) is 11.6. The Balaban J connectivity index is 1.84. The quantitative estimate of drug-likeness (QED) is 0.223. The smallest absolute Gasteiger partial charge is 0.146 e. The van der Waals surface area contributed by atoms with Gasteiger partial charge in [-0.2, -0.15) is 0 Å². The van der Waals surface area contributed by atoms with Crippen LogP contribution in [0.15, 0.2) is 91.0 Å². The fourth-order valence-corrected chi connectivity index (χ4v) is 5.45. The second-order valence-corrected chi connectivity index (χ2v) is 10.1. The summed E-state index contributed by atoms with van der Waals surface area (Å²) in [5.41, 5.74) is 5.93. The molecular weight excluding hydrogens is 400 g/mol. The molecule has 2 aromatic heterocycles. The SMILES string of the molecule is CC(C)(C)c1ccc2c(c1)c1ccccc1c1nc3c4ccccc4c4ccccc4c3n21. The standard InChI is InChI=1S/C31H24N2/c1-31(2,3)19-16-17-27-26(18-19)22-12-6-9-15-25(22)30-32-28-23-13-7-4-10-20(23)21-11-5-8-14-24(21)29(28)33(27)30/h4-18H,1-3H3. The zero-order valence-electron chi connectivity index (χ0n) is 19.1. The van der Waals surface area contributed by atoms with Crippen molar-refractivity contribution >= 4 is 59.9 Å². The van der Waals surface area contributed by atoms with Crippen LogP contribution in [0.5, 0.6) is 0 Å². The highest BCUT2D eigenvalue weighted by molar-refractivity contribution is 6.26. The van der Waals surface area contributed by atoms with Crippen molar-refractivity contribution in [2.75, 3.05) is 0 Å². The maximum Gasteiger partial charge on any atom is 0.146 e. The van der Waals surface area contributed by atoms with E-state index in [4.69, 9.17) is 4.98 Å². The number of rotatable bonds is 0. The minimum Gasteiger partial charge on any atom is -0.291 e. The van der Waals surface area contributed by atoms with Crippen molar-refractivity contribution in [3.05, 3.63) is 96.6 Å². The Kier molecular flexibility index (Phi) is 3.57. The number of hydrogen-bond acceptors (Lipinski definition) is 1. The molecular formula is C31H24N2. The number of fused-ring (bicyclic) bond motifs is 13. The fourth-order valence-electron chi connectivity index (χ4n) is 5.45. The Bertz CT molecular complexity index is 1900. The van der Waals surface area contributed by atoms with Crippen LogP contribution in [0.2, 0.25) is 0 Å². The third kappa shape index (κ3) is 2.46. The lowest BCUT2D eigenvalue weighted by molar-refractivity contribution is 0.591. The molecule has 0 radical (unpaired) electrons. The number of pyridine rings is 1. The summed E-state index contributed by atoms with van der Waals surface area (Å²) < 4.78 is 2.40. The van der Waals surface area contributed by atoms with Crippen LogP contribution in [-0.2, 0) is 5.41 Å². The van der Waals surface area contributed by atoms with Crippen molar-refractivity contribution in [1.29, 1.82) is 0 Å². The highest BCUT2D eigenvalue weighted by Crippen LogP contribution is 2.40. The first-order chi connectivity index (χ1) is 16.0. The van der Waals surface area contributed by atoms with E-state index >= 15 is 0 Å². The average Bonchev–Trinajstić information content (AvgIpc) is 3.25. The second kappa shape index (κ2) is 6.32. The van der Waals surface area contributed by atoms with Gasteiger partial charge in [-0.15, -0.1) is 0 Å². The molecule has 7 rings (SSSR count). The van der Waals surface area contributed by atoms with E-state index in [0.717, 1.165) is 11.2 Å². The van der Waals surface area contributed by atoms with E-state index in [2.05, 4.69) is 116 Å². The summed E-state index contributed by atoms with van der Waals surface area (Å²) >= 11 is 0. The molecule has 0 aliphatic rings. The van der Waals surface area contributed by atoms with Gasteiger partial charge in [0.1, 0.15) is 5.65 Å². The first kappa shape index (κ1) is 18.6. The molecule has 0 N–H and O–H groups in total. The van der Waals surface area contributed by atoms with Gasteiger partial charge in [0.15, 0.2) is 0 Å². The molecule has 7 aromatic rings. The Morgan fingerprint density at radius 1 is 0.576 bits per heavy atom. The fraction of sp³-hybridized carbons (Fsp3) is 0.129. The largest absolute Gasteiger partial charge is 0.291 e. The summed E-state index contributed by atoms with van der Waals surface area (Å²) in [6.45, 7) is 6.84. The van der Waals surface area contributed by atoms with Crippen LogP contribution in [0.25, 0.3) is 59.9 Å². The third-order valence-corrected chi connectivity index (χ3v) is 7.09. The Morgan fingerprint density at radius 3 is 1.79 bits per heavy atom. The van der Waals surface area contributed by atoms with Gasteiger partial charge in [-0.05, 0) is 39.3 Å². The molecule has 2 heterocycles. The molecule has 0 amide bonds. The van der Waals surface area contributed by atoms with Crippen LogP contribution in [0, 0.1) is 0 Å². The summed E-state index contributed by atoms with van der Waals surface area (Å²) in [6.07, 6.45) is 0. The van der Waals surface area contributed by atoms with E-state index < -0.39 is 0 Å². The van der Waals surface area contributed by atoms with Gasteiger partial charge in [0.05, 0.1) is 16.6 Å². The molecule has 0 spiro atoms. The van der Waals surface area contributed by atoms with Crippen molar-refractivity contribution in [3.8, 4) is 0 Å². The summed E-state index contributed by atoms with van der Waals surface area (Å²) in [7, 11) is 0. The molecule has 0 fully saturated rings. The lowest BCUT2D eigenvalue weighted by Gasteiger charge is -2.20. The van der Waals surface area contributed by atoms with Crippen molar-refractivity contribution in [1.82, 2.24) is 9.38 Å². The van der Waals surface area contributed by atoms with Gasteiger partial charge in [-0.1, -0.05) is 99.6 Å². The monoisotopic (exact) mass is 424 g/mol. The lowest BCUT2D eigenvalue weighted by atomic mass is 9.86. The number of aromatic nitrogens is 2.